The highest BCUT2D eigenvalue weighted by molar-refractivity contribution is 5.98. The Kier molecular flexibility index (Phi) is 6.14. The minimum atomic E-state index is -1.52. The molecule has 0 amide bonds. The molecule has 4 N–H and O–H groups in total. The number of carbonyl (C=O) groups excluding carboxylic acids is 1. The molecule has 5 atom stereocenters. The first-order chi connectivity index (χ1) is 11.4. The summed E-state index contributed by atoms with van der Waals surface area (Å²) in [4.78, 5) is 11.8. The number of ether oxygens (including phenoxy) is 3. The predicted molar refractivity (Wildman–Crippen MR) is 82.0 cm³/mol. The van der Waals surface area contributed by atoms with Crippen LogP contribution in [0, 0.1) is 0 Å². The fourth-order valence-corrected chi connectivity index (χ4v) is 2.46. The van der Waals surface area contributed by atoms with Crippen LogP contribution < -0.4 is 9.47 Å². The number of benzene rings is 1. The van der Waals surface area contributed by atoms with E-state index in [1.165, 1.54) is 25.3 Å². The van der Waals surface area contributed by atoms with Gasteiger partial charge in [0.25, 0.3) is 0 Å². The van der Waals surface area contributed by atoms with Crippen molar-refractivity contribution in [1.82, 2.24) is 0 Å². The Balaban J connectivity index is 2.19. The SMILES string of the molecule is CCC(=O)c1ccc(OC2OC(CO)C(O)C(O)C2O)cc1OC. The Morgan fingerprint density at radius 1 is 1.21 bits per heavy atom. The summed E-state index contributed by atoms with van der Waals surface area (Å²) >= 11 is 0. The van der Waals surface area contributed by atoms with Crippen LogP contribution in [-0.4, -0.2) is 70.6 Å². The van der Waals surface area contributed by atoms with Gasteiger partial charge >= 0.3 is 0 Å². The average Bonchev–Trinajstić information content (AvgIpc) is 2.61. The smallest absolute Gasteiger partial charge is 0.229 e. The fraction of sp³-hybridized carbons (Fsp3) is 0.562. The van der Waals surface area contributed by atoms with Crippen molar-refractivity contribution in [3.63, 3.8) is 0 Å². The Hall–Kier alpha value is -1.71. The number of carbonyl (C=O) groups is 1. The van der Waals surface area contributed by atoms with E-state index < -0.39 is 37.3 Å². The van der Waals surface area contributed by atoms with Crippen LogP contribution in [0.15, 0.2) is 18.2 Å². The molecule has 5 unspecified atom stereocenters. The van der Waals surface area contributed by atoms with Gasteiger partial charge in [-0.05, 0) is 12.1 Å². The van der Waals surface area contributed by atoms with Gasteiger partial charge in [0.15, 0.2) is 5.78 Å². The van der Waals surface area contributed by atoms with Gasteiger partial charge in [-0.2, -0.15) is 0 Å². The number of hydrogen-bond acceptors (Lipinski definition) is 8. The maximum Gasteiger partial charge on any atom is 0.229 e. The zero-order valence-corrected chi connectivity index (χ0v) is 13.5. The molecular formula is C16H22O8. The van der Waals surface area contributed by atoms with Crippen molar-refractivity contribution in [3.8, 4) is 11.5 Å². The Morgan fingerprint density at radius 3 is 2.50 bits per heavy atom. The summed E-state index contributed by atoms with van der Waals surface area (Å²) in [6, 6.07) is 4.50. The van der Waals surface area contributed by atoms with Gasteiger partial charge in [0.1, 0.15) is 35.9 Å². The summed E-state index contributed by atoms with van der Waals surface area (Å²) in [5, 5.41) is 38.6. The largest absolute Gasteiger partial charge is 0.496 e. The topological polar surface area (TPSA) is 126 Å². The van der Waals surface area contributed by atoms with Crippen LogP contribution in [0.3, 0.4) is 0 Å². The molecule has 0 spiro atoms. The van der Waals surface area contributed by atoms with E-state index in [0.29, 0.717) is 17.7 Å². The second kappa shape index (κ2) is 7.91. The van der Waals surface area contributed by atoms with E-state index in [1.807, 2.05) is 0 Å². The summed E-state index contributed by atoms with van der Waals surface area (Å²) in [5.74, 6) is 0.457. The Bertz CT molecular complexity index is 573. The van der Waals surface area contributed by atoms with Crippen molar-refractivity contribution in [2.45, 2.75) is 44.1 Å². The molecule has 1 aromatic rings. The van der Waals surface area contributed by atoms with Crippen molar-refractivity contribution in [2.24, 2.45) is 0 Å². The van der Waals surface area contributed by atoms with Crippen LogP contribution in [-0.2, 0) is 4.74 Å². The maximum absolute atomic E-state index is 11.8. The molecular weight excluding hydrogens is 320 g/mol. The van der Waals surface area contributed by atoms with Gasteiger partial charge in [0, 0.05) is 12.5 Å². The van der Waals surface area contributed by atoms with Gasteiger partial charge in [0.05, 0.1) is 19.3 Å². The van der Waals surface area contributed by atoms with Crippen LogP contribution in [0.1, 0.15) is 23.7 Å². The lowest BCUT2D eigenvalue weighted by Crippen LogP contribution is -2.60. The van der Waals surface area contributed by atoms with Gasteiger partial charge in [-0.3, -0.25) is 4.79 Å². The predicted octanol–water partition coefficient (Wildman–Crippen LogP) is -0.533. The van der Waals surface area contributed by atoms with Gasteiger partial charge < -0.3 is 34.6 Å². The van der Waals surface area contributed by atoms with E-state index in [4.69, 9.17) is 19.3 Å². The van der Waals surface area contributed by atoms with E-state index in [9.17, 15) is 20.1 Å². The van der Waals surface area contributed by atoms with Crippen molar-refractivity contribution < 1.29 is 39.4 Å². The lowest BCUT2D eigenvalue weighted by molar-refractivity contribution is -0.277. The fourth-order valence-electron chi connectivity index (χ4n) is 2.46. The zero-order valence-electron chi connectivity index (χ0n) is 13.5. The highest BCUT2D eigenvalue weighted by atomic mass is 16.7. The summed E-state index contributed by atoms with van der Waals surface area (Å²) in [6.45, 7) is 1.19. The van der Waals surface area contributed by atoms with E-state index in [-0.39, 0.29) is 11.5 Å². The average molecular weight is 342 g/mol. The molecule has 1 fully saturated rings. The second-order valence-corrected chi connectivity index (χ2v) is 5.45. The van der Waals surface area contributed by atoms with Crippen LogP contribution in [0.25, 0.3) is 0 Å². The summed E-state index contributed by atoms with van der Waals surface area (Å²) in [7, 11) is 1.42. The molecule has 1 saturated heterocycles. The first-order valence-corrected chi connectivity index (χ1v) is 7.61. The van der Waals surface area contributed by atoms with Crippen LogP contribution in [0.4, 0.5) is 0 Å². The van der Waals surface area contributed by atoms with Crippen LogP contribution in [0.2, 0.25) is 0 Å². The molecule has 134 valence electrons. The molecule has 8 heteroatoms. The normalized spacial score (nSPS) is 30.0. The monoisotopic (exact) mass is 342 g/mol. The molecule has 1 aliphatic heterocycles. The van der Waals surface area contributed by atoms with Crippen LogP contribution >= 0.6 is 0 Å². The Labute approximate surface area is 139 Å². The molecule has 24 heavy (non-hydrogen) atoms. The van der Waals surface area contributed by atoms with Gasteiger partial charge in [0.2, 0.25) is 6.29 Å². The number of aliphatic hydroxyl groups is 4. The molecule has 0 bridgehead atoms. The van der Waals surface area contributed by atoms with E-state index in [1.54, 1.807) is 6.92 Å². The highest BCUT2D eigenvalue weighted by Crippen LogP contribution is 2.29. The molecule has 0 radical (unpaired) electrons. The third kappa shape index (κ3) is 3.68. The van der Waals surface area contributed by atoms with Gasteiger partial charge in [-0.1, -0.05) is 6.92 Å². The zero-order chi connectivity index (χ0) is 17.9. The highest BCUT2D eigenvalue weighted by Gasteiger charge is 2.44. The quantitative estimate of drug-likeness (QED) is 0.508. The molecule has 1 heterocycles. The lowest BCUT2D eigenvalue weighted by Gasteiger charge is -2.39. The third-order valence-electron chi connectivity index (χ3n) is 3.90. The van der Waals surface area contributed by atoms with Crippen molar-refractivity contribution in [1.29, 1.82) is 0 Å². The number of Topliss-reactive ketones (excluding diaryl/α,β-unsaturated/α-hetero) is 1. The third-order valence-corrected chi connectivity index (χ3v) is 3.90. The molecule has 1 aliphatic rings. The summed E-state index contributed by atoms with van der Waals surface area (Å²) in [5.41, 5.74) is 0.404. The Morgan fingerprint density at radius 2 is 1.92 bits per heavy atom. The van der Waals surface area contributed by atoms with Gasteiger partial charge in [-0.15, -0.1) is 0 Å². The van der Waals surface area contributed by atoms with Crippen LogP contribution in [0.5, 0.6) is 11.5 Å². The first-order valence-electron chi connectivity index (χ1n) is 7.61. The number of hydrogen-bond donors (Lipinski definition) is 4. The summed E-state index contributed by atoms with van der Waals surface area (Å²) < 4.78 is 15.9. The van der Waals surface area contributed by atoms with Crippen molar-refractivity contribution in [2.75, 3.05) is 13.7 Å². The molecule has 0 saturated carbocycles. The molecule has 0 aromatic heterocycles. The van der Waals surface area contributed by atoms with E-state index in [2.05, 4.69) is 0 Å². The standard InChI is InChI=1S/C16H22O8/c1-3-10(18)9-5-4-8(6-11(9)22-2)23-16-15(21)14(20)13(19)12(7-17)24-16/h4-6,12-17,19-21H,3,7H2,1-2H3. The first kappa shape index (κ1) is 18.6. The van der Waals surface area contributed by atoms with Crippen molar-refractivity contribution >= 4 is 5.78 Å². The summed E-state index contributed by atoms with van der Waals surface area (Å²) in [6.07, 6.45) is -6.52. The molecule has 2 rings (SSSR count). The molecule has 8 nitrogen and oxygen atoms in total. The van der Waals surface area contributed by atoms with E-state index >= 15 is 0 Å². The van der Waals surface area contributed by atoms with E-state index in [0.717, 1.165) is 0 Å². The lowest BCUT2D eigenvalue weighted by atomic mass is 9.99. The minimum Gasteiger partial charge on any atom is -0.496 e. The number of ketones is 1. The number of rotatable bonds is 6. The van der Waals surface area contributed by atoms with Crippen molar-refractivity contribution in [3.05, 3.63) is 23.8 Å². The molecule has 0 aliphatic carbocycles. The molecule has 1 aromatic carbocycles. The second-order valence-electron chi connectivity index (χ2n) is 5.45. The van der Waals surface area contributed by atoms with Gasteiger partial charge in [-0.25, -0.2) is 0 Å². The number of aliphatic hydroxyl groups excluding tert-OH is 4. The number of methoxy groups -OCH3 is 1. The minimum absolute atomic E-state index is 0.0914. The maximum atomic E-state index is 11.8.